The molecule has 0 aliphatic carbocycles. The van der Waals surface area contributed by atoms with Gasteiger partial charge < -0.3 is 10.2 Å². The van der Waals surface area contributed by atoms with Crippen LogP contribution in [0.3, 0.4) is 0 Å². The number of anilines is 1. The summed E-state index contributed by atoms with van der Waals surface area (Å²) in [5.41, 5.74) is 2.37. The molecule has 0 radical (unpaired) electrons. The zero-order chi connectivity index (χ0) is 26.0. The van der Waals surface area contributed by atoms with E-state index in [0.717, 1.165) is 33.3 Å². The summed E-state index contributed by atoms with van der Waals surface area (Å²) >= 11 is 0. The van der Waals surface area contributed by atoms with Gasteiger partial charge in [0.15, 0.2) is 5.69 Å². The number of amides is 2. The van der Waals surface area contributed by atoms with E-state index in [0.29, 0.717) is 13.1 Å². The molecular weight excluding hydrogens is 471 g/mol. The Morgan fingerprint density at radius 1 is 0.972 bits per heavy atom. The van der Waals surface area contributed by atoms with Crippen molar-refractivity contribution in [2.24, 2.45) is 0 Å². The molecule has 0 spiro atoms. The van der Waals surface area contributed by atoms with Crippen LogP contribution < -0.4 is 5.32 Å². The van der Waals surface area contributed by atoms with E-state index in [-0.39, 0.29) is 31.2 Å². The first-order chi connectivity index (χ1) is 17.0. The van der Waals surface area contributed by atoms with Gasteiger partial charge in [-0.1, -0.05) is 29.8 Å². The standard InChI is InChI=1S/C26H28F3N5O2/c1-17-7-9-20(10-8-17)34-24(26(27,28)29)21(15-30-34)25(36)33-13-11-32(12-14-33)16-23(35)31-22-6-4-5-18(2)19(22)3/h4-10,15H,11-14,16H2,1-3H3,(H,31,35). The molecule has 36 heavy (non-hydrogen) atoms. The summed E-state index contributed by atoms with van der Waals surface area (Å²) < 4.78 is 42.7. The van der Waals surface area contributed by atoms with Crippen molar-refractivity contribution in [2.75, 3.05) is 38.0 Å². The van der Waals surface area contributed by atoms with Gasteiger partial charge in [0.1, 0.15) is 0 Å². The van der Waals surface area contributed by atoms with Crippen LogP contribution in [0.4, 0.5) is 18.9 Å². The van der Waals surface area contributed by atoms with E-state index in [1.807, 2.05) is 43.9 Å². The SMILES string of the molecule is Cc1ccc(-n2ncc(C(=O)N3CCN(CC(=O)Nc4cccc(C)c4C)CC3)c2C(F)(F)F)cc1. The highest BCUT2D eigenvalue weighted by Gasteiger charge is 2.41. The number of hydrogen-bond donors (Lipinski definition) is 1. The number of rotatable bonds is 5. The Hall–Kier alpha value is -3.66. The zero-order valence-electron chi connectivity index (χ0n) is 20.4. The summed E-state index contributed by atoms with van der Waals surface area (Å²) in [6, 6.07) is 12.1. The van der Waals surface area contributed by atoms with Gasteiger partial charge in [0, 0.05) is 31.9 Å². The third kappa shape index (κ3) is 5.43. The molecular formula is C26H28F3N5O2. The highest BCUT2D eigenvalue weighted by atomic mass is 19.4. The predicted octanol–water partition coefficient (Wildman–Crippen LogP) is 4.21. The minimum Gasteiger partial charge on any atom is -0.336 e. The van der Waals surface area contributed by atoms with Gasteiger partial charge in [0.25, 0.3) is 5.91 Å². The van der Waals surface area contributed by atoms with Crippen LogP contribution >= 0.6 is 0 Å². The number of halogens is 3. The topological polar surface area (TPSA) is 70.5 Å². The lowest BCUT2D eigenvalue weighted by Gasteiger charge is -2.34. The molecule has 7 nitrogen and oxygen atoms in total. The lowest BCUT2D eigenvalue weighted by atomic mass is 10.1. The number of carbonyl (C=O) groups excluding carboxylic acids is 2. The molecule has 0 bridgehead atoms. The number of carbonyl (C=O) groups is 2. The van der Waals surface area contributed by atoms with Crippen molar-refractivity contribution in [3.05, 3.63) is 76.6 Å². The highest BCUT2D eigenvalue weighted by molar-refractivity contribution is 5.96. The van der Waals surface area contributed by atoms with Crippen molar-refractivity contribution in [1.29, 1.82) is 0 Å². The highest BCUT2D eigenvalue weighted by Crippen LogP contribution is 2.34. The Kier molecular flexibility index (Phi) is 7.16. The van der Waals surface area contributed by atoms with E-state index in [1.54, 1.807) is 12.1 Å². The fraction of sp³-hybridized carbons (Fsp3) is 0.346. The van der Waals surface area contributed by atoms with Gasteiger partial charge in [-0.05, 0) is 50.1 Å². The molecule has 10 heteroatoms. The Morgan fingerprint density at radius 3 is 2.28 bits per heavy atom. The minimum absolute atomic E-state index is 0.134. The van der Waals surface area contributed by atoms with Crippen molar-refractivity contribution in [3.8, 4) is 5.69 Å². The lowest BCUT2D eigenvalue weighted by Crippen LogP contribution is -2.50. The predicted molar refractivity (Wildman–Crippen MR) is 130 cm³/mol. The number of nitrogens with one attached hydrogen (secondary N) is 1. The molecule has 4 rings (SSSR count). The first kappa shape index (κ1) is 25.4. The Morgan fingerprint density at radius 2 is 1.64 bits per heavy atom. The van der Waals surface area contributed by atoms with E-state index >= 15 is 0 Å². The fourth-order valence-corrected chi connectivity index (χ4v) is 4.22. The van der Waals surface area contributed by atoms with Gasteiger partial charge in [0.05, 0.1) is 24.0 Å². The monoisotopic (exact) mass is 499 g/mol. The molecule has 2 heterocycles. The largest absolute Gasteiger partial charge is 0.434 e. The van der Waals surface area contributed by atoms with Gasteiger partial charge >= 0.3 is 6.18 Å². The number of alkyl halides is 3. The molecule has 0 saturated carbocycles. The smallest absolute Gasteiger partial charge is 0.336 e. The average molecular weight is 500 g/mol. The summed E-state index contributed by atoms with van der Waals surface area (Å²) in [5, 5.41) is 6.80. The third-order valence-corrected chi connectivity index (χ3v) is 6.45. The van der Waals surface area contributed by atoms with E-state index < -0.39 is 23.3 Å². The van der Waals surface area contributed by atoms with Crippen molar-refractivity contribution >= 4 is 17.5 Å². The molecule has 1 aliphatic rings. The Balaban J connectivity index is 1.42. The Bertz CT molecular complexity index is 1260. The molecule has 2 amide bonds. The van der Waals surface area contributed by atoms with Crippen molar-refractivity contribution in [3.63, 3.8) is 0 Å². The number of nitrogens with zero attached hydrogens (tertiary/aromatic N) is 4. The number of aryl methyl sites for hydroxylation is 2. The second kappa shape index (κ2) is 10.1. The Labute approximate surface area is 207 Å². The van der Waals surface area contributed by atoms with Gasteiger partial charge in [-0.15, -0.1) is 0 Å². The van der Waals surface area contributed by atoms with Gasteiger partial charge in [-0.25, -0.2) is 4.68 Å². The third-order valence-electron chi connectivity index (χ3n) is 6.45. The number of piperazine rings is 1. The van der Waals surface area contributed by atoms with E-state index in [2.05, 4.69) is 10.4 Å². The molecule has 190 valence electrons. The van der Waals surface area contributed by atoms with Crippen LogP contribution in [-0.2, 0) is 11.0 Å². The molecule has 2 aromatic carbocycles. The van der Waals surface area contributed by atoms with Crippen LogP contribution in [0, 0.1) is 20.8 Å². The van der Waals surface area contributed by atoms with Gasteiger partial charge in [-0.3, -0.25) is 14.5 Å². The quantitative estimate of drug-likeness (QED) is 0.571. The van der Waals surface area contributed by atoms with Crippen molar-refractivity contribution < 1.29 is 22.8 Å². The second-order valence-electron chi connectivity index (χ2n) is 9.02. The van der Waals surface area contributed by atoms with Crippen LogP contribution in [0.2, 0.25) is 0 Å². The summed E-state index contributed by atoms with van der Waals surface area (Å²) in [6.45, 7) is 7.04. The van der Waals surface area contributed by atoms with E-state index in [1.165, 1.54) is 17.0 Å². The van der Waals surface area contributed by atoms with Crippen LogP contribution in [0.15, 0.2) is 48.7 Å². The molecule has 1 N–H and O–H groups in total. The fourth-order valence-electron chi connectivity index (χ4n) is 4.22. The normalized spacial score (nSPS) is 14.7. The van der Waals surface area contributed by atoms with Gasteiger partial charge in [0.2, 0.25) is 5.91 Å². The number of aromatic nitrogens is 2. The summed E-state index contributed by atoms with van der Waals surface area (Å²) in [5.74, 6) is -0.901. The molecule has 1 aliphatic heterocycles. The molecule has 1 saturated heterocycles. The molecule has 1 fully saturated rings. The summed E-state index contributed by atoms with van der Waals surface area (Å²) in [7, 11) is 0. The van der Waals surface area contributed by atoms with Gasteiger partial charge in [-0.2, -0.15) is 18.3 Å². The zero-order valence-corrected chi connectivity index (χ0v) is 20.4. The maximum Gasteiger partial charge on any atom is 0.434 e. The minimum atomic E-state index is -4.76. The van der Waals surface area contributed by atoms with E-state index in [9.17, 15) is 22.8 Å². The maximum atomic E-state index is 14.0. The van der Waals surface area contributed by atoms with Crippen LogP contribution in [-0.4, -0.2) is 64.1 Å². The summed E-state index contributed by atoms with van der Waals surface area (Å²) in [6.07, 6.45) is -3.78. The molecule has 0 atom stereocenters. The average Bonchev–Trinajstić information content (AvgIpc) is 3.28. The molecule has 1 aromatic heterocycles. The summed E-state index contributed by atoms with van der Waals surface area (Å²) in [4.78, 5) is 28.9. The van der Waals surface area contributed by atoms with Crippen molar-refractivity contribution in [1.82, 2.24) is 19.6 Å². The molecule has 3 aromatic rings. The maximum absolute atomic E-state index is 14.0. The van der Waals surface area contributed by atoms with Crippen molar-refractivity contribution in [2.45, 2.75) is 26.9 Å². The first-order valence-corrected chi connectivity index (χ1v) is 11.6. The second-order valence-corrected chi connectivity index (χ2v) is 9.02. The van der Waals surface area contributed by atoms with Crippen LogP contribution in [0.5, 0.6) is 0 Å². The van der Waals surface area contributed by atoms with Crippen LogP contribution in [0.25, 0.3) is 5.69 Å². The first-order valence-electron chi connectivity index (χ1n) is 11.6. The lowest BCUT2D eigenvalue weighted by molar-refractivity contribution is -0.143. The molecule has 0 unspecified atom stereocenters. The van der Waals surface area contributed by atoms with E-state index in [4.69, 9.17) is 0 Å². The van der Waals surface area contributed by atoms with Crippen LogP contribution in [0.1, 0.15) is 32.7 Å². The number of benzene rings is 2. The number of hydrogen-bond acceptors (Lipinski definition) is 4.